The predicted octanol–water partition coefficient (Wildman–Crippen LogP) is 5.98. The lowest BCUT2D eigenvalue weighted by Crippen LogP contribution is -2.54. The summed E-state index contributed by atoms with van der Waals surface area (Å²) in [5.74, 6) is -4.11. The first kappa shape index (κ1) is 33.3. The number of anilines is 2. The molecular weight excluding hydrogens is 604 g/mol. The minimum absolute atomic E-state index is 0.0141. The molecule has 0 saturated heterocycles. The fraction of sp³-hybridized carbons (Fsp3) is 0.286. The molecule has 0 bridgehead atoms. The number of guanidine groups is 1. The molecule has 0 saturated carbocycles. The van der Waals surface area contributed by atoms with Crippen LogP contribution in [-0.4, -0.2) is 58.6 Å². The number of nitrogens with one attached hydrogen (secondary N) is 3. The minimum atomic E-state index is -4.68. The highest BCUT2D eigenvalue weighted by atomic mass is 35.5. The number of aliphatic imine (C=N–C) groups is 1. The molecule has 3 aromatic rings. The van der Waals surface area contributed by atoms with Gasteiger partial charge < -0.3 is 30.3 Å². The summed E-state index contributed by atoms with van der Waals surface area (Å²) in [5, 5.41) is 7.61. The van der Waals surface area contributed by atoms with E-state index in [4.69, 9.17) is 21.1 Å². The second-order valence-corrected chi connectivity index (χ2v) is 9.57. The maximum absolute atomic E-state index is 14.1. The van der Waals surface area contributed by atoms with Crippen LogP contribution in [0, 0.1) is 17.5 Å². The number of amides is 1. The van der Waals surface area contributed by atoms with Crippen molar-refractivity contribution in [3.63, 3.8) is 0 Å². The lowest BCUT2D eigenvalue weighted by atomic mass is 10.1. The zero-order valence-corrected chi connectivity index (χ0v) is 24.1. The molecule has 0 aliphatic heterocycles. The van der Waals surface area contributed by atoms with Crippen molar-refractivity contribution in [1.82, 2.24) is 10.6 Å². The number of alkyl halides is 3. The van der Waals surface area contributed by atoms with Crippen molar-refractivity contribution in [2.24, 2.45) is 4.99 Å². The fourth-order valence-electron chi connectivity index (χ4n) is 3.94. The first-order valence-electron chi connectivity index (χ1n) is 12.5. The number of hydrogen-bond acceptors (Lipinski definition) is 5. The molecular formula is C28H28ClF6N5O3. The van der Waals surface area contributed by atoms with E-state index in [1.807, 2.05) is 0 Å². The Balaban J connectivity index is 2.11. The third-order valence-corrected chi connectivity index (χ3v) is 6.44. The van der Waals surface area contributed by atoms with Crippen LogP contribution in [0.2, 0.25) is 5.02 Å². The van der Waals surface area contributed by atoms with Gasteiger partial charge in [0.2, 0.25) is 5.96 Å². The van der Waals surface area contributed by atoms with Crippen molar-refractivity contribution in [3.05, 3.63) is 82.6 Å². The van der Waals surface area contributed by atoms with E-state index in [1.165, 1.54) is 32.2 Å². The van der Waals surface area contributed by atoms with Crippen LogP contribution in [0.15, 0.2) is 59.6 Å². The molecule has 3 aromatic carbocycles. The Kier molecular flexibility index (Phi) is 11.1. The van der Waals surface area contributed by atoms with Gasteiger partial charge >= 0.3 is 6.18 Å². The van der Waals surface area contributed by atoms with Crippen LogP contribution in [-0.2, 0) is 0 Å². The molecule has 0 aromatic heterocycles. The van der Waals surface area contributed by atoms with Crippen LogP contribution in [0.3, 0.4) is 0 Å². The Morgan fingerprint density at radius 1 is 0.977 bits per heavy atom. The van der Waals surface area contributed by atoms with Crippen LogP contribution in [0.4, 0.5) is 37.7 Å². The molecule has 3 N–H and O–H groups in total. The predicted molar refractivity (Wildman–Crippen MR) is 152 cm³/mol. The first-order valence-corrected chi connectivity index (χ1v) is 12.9. The maximum Gasteiger partial charge on any atom is 0.403 e. The van der Waals surface area contributed by atoms with Gasteiger partial charge in [-0.05, 0) is 43.4 Å². The van der Waals surface area contributed by atoms with Gasteiger partial charge in [-0.1, -0.05) is 11.6 Å². The Morgan fingerprint density at radius 2 is 1.63 bits per heavy atom. The zero-order chi connectivity index (χ0) is 31.9. The van der Waals surface area contributed by atoms with Crippen LogP contribution >= 0.6 is 11.6 Å². The first-order chi connectivity index (χ1) is 20.2. The van der Waals surface area contributed by atoms with E-state index in [0.717, 1.165) is 31.3 Å². The van der Waals surface area contributed by atoms with E-state index in [-0.39, 0.29) is 16.3 Å². The molecule has 0 fully saturated rings. The summed E-state index contributed by atoms with van der Waals surface area (Å²) in [4.78, 5) is 18.3. The van der Waals surface area contributed by atoms with Crippen molar-refractivity contribution in [3.8, 4) is 11.5 Å². The van der Waals surface area contributed by atoms with Gasteiger partial charge in [0, 0.05) is 53.6 Å². The van der Waals surface area contributed by atoms with E-state index in [0.29, 0.717) is 23.3 Å². The summed E-state index contributed by atoms with van der Waals surface area (Å²) in [5.41, 5.74) is -0.0197. The lowest BCUT2D eigenvalue weighted by molar-refractivity contribution is -0.157. The summed E-state index contributed by atoms with van der Waals surface area (Å²) < 4.78 is 93.6. The molecule has 0 heterocycles. The number of hydrogen-bond donors (Lipinski definition) is 3. The second kappa shape index (κ2) is 14.3. The van der Waals surface area contributed by atoms with Crippen molar-refractivity contribution in [1.29, 1.82) is 0 Å². The van der Waals surface area contributed by atoms with Crippen molar-refractivity contribution < 1.29 is 40.6 Å². The number of nitrogens with zero attached hydrogens (tertiary/aromatic N) is 2. The Labute approximate surface area is 248 Å². The number of benzene rings is 3. The highest BCUT2D eigenvalue weighted by Crippen LogP contribution is 2.31. The molecule has 2 atom stereocenters. The third kappa shape index (κ3) is 9.16. The molecule has 3 rings (SSSR count). The van der Waals surface area contributed by atoms with Crippen LogP contribution < -0.4 is 30.3 Å². The number of rotatable bonds is 10. The van der Waals surface area contributed by atoms with Crippen molar-refractivity contribution >= 4 is 34.8 Å². The molecule has 0 radical (unpaired) electrons. The fourth-order valence-corrected chi connectivity index (χ4v) is 4.16. The van der Waals surface area contributed by atoms with E-state index in [2.05, 4.69) is 20.9 Å². The van der Waals surface area contributed by atoms with Crippen molar-refractivity contribution in [2.45, 2.75) is 24.8 Å². The number of methoxy groups -OCH3 is 2. The lowest BCUT2D eigenvalue weighted by Gasteiger charge is -2.35. The average Bonchev–Trinajstić information content (AvgIpc) is 2.94. The summed E-state index contributed by atoms with van der Waals surface area (Å²) in [6, 6.07) is 8.23. The van der Waals surface area contributed by atoms with Gasteiger partial charge in [0.1, 0.15) is 29.5 Å². The number of halogens is 7. The van der Waals surface area contributed by atoms with Gasteiger partial charge in [0.05, 0.1) is 14.2 Å². The summed E-state index contributed by atoms with van der Waals surface area (Å²) in [7, 11) is 5.41. The molecule has 15 heteroatoms. The summed E-state index contributed by atoms with van der Waals surface area (Å²) >= 11 is 5.95. The molecule has 0 spiro atoms. The Hall–Kier alpha value is -4.17. The summed E-state index contributed by atoms with van der Waals surface area (Å²) in [6.07, 6.45) is -6.58. The summed E-state index contributed by atoms with van der Waals surface area (Å²) in [6.45, 7) is 0. The molecule has 8 nitrogen and oxygen atoms in total. The normalized spacial score (nSPS) is 13.2. The van der Waals surface area contributed by atoms with E-state index >= 15 is 0 Å². The van der Waals surface area contributed by atoms with Crippen LogP contribution in [0.1, 0.15) is 16.8 Å². The van der Waals surface area contributed by atoms with Gasteiger partial charge in [-0.3, -0.25) is 4.79 Å². The van der Waals surface area contributed by atoms with E-state index in [1.54, 1.807) is 18.2 Å². The van der Waals surface area contributed by atoms with Gasteiger partial charge in [0.25, 0.3) is 5.91 Å². The minimum Gasteiger partial charge on any atom is -0.497 e. The quantitative estimate of drug-likeness (QED) is 0.110. The van der Waals surface area contributed by atoms with E-state index < -0.39 is 54.1 Å². The third-order valence-electron chi connectivity index (χ3n) is 6.22. The van der Waals surface area contributed by atoms with Crippen LogP contribution in [0.5, 0.6) is 11.5 Å². The highest BCUT2D eigenvalue weighted by molar-refractivity contribution is 6.31. The molecule has 1 amide bonds. The molecule has 43 heavy (non-hydrogen) atoms. The van der Waals surface area contributed by atoms with Gasteiger partial charge in [-0.15, -0.1) is 0 Å². The molecule has 2 unspecified atom stereocenters. The monoisotopic (exact) mass is 631 g/mol. The van der Waals surface area contributed by atoms with Gasteiger partial charge in [0.15, 0.2) is 11.6 Å². The average molecular weight is 632 g/mol. The second-order valence-electron chi connectivity index (χ2n) is 9.14. The highest BCUT2D eigenvalue weighted by Gasteiger charge is 2.41. The van der Waals surface area contributed by atoms with Crippen molar-refractivity contribution in [2.75, 3.05) is 38.5 Å². The van der Waals surface area contributed by atoms with Crippen LogP contribution in [0.25, 0.3) is 0 Å². The zero-order valence-electron chi connectivity index (χ0n) is 23.3. The topological polar surface area (TPSA) is 87.2 Å². The number of carbonyl (C=O) groups excluding carboxylic acids is 1. The van der Waals surface area contributed by atoms with Gasteiger partial charge in [-0.2, -0.15) is 18.2 Å². The molecule has 0 aliphatic carbocycles. The largest absolute Gasteiger partial charge is 0.497 e. The Bertz CT molecular complexity index is 1430. The maximum atomic E-state index is 14.1. The molecule has 0 aliphatic rings. The van der Waals surface area contributed by atoms with E-state index in [9.17, 15) is 31.1 Å². The standard InChI is InChI=1S/C28H28ClF6N5O3/c1-36-24(28(33,34)35)14-25(40(2)19-11-20(42-3)13-21(12-19)43-4)38-27(37-18-9-16(29)8-17(30)10-18)39-26(41)15-5-6-22(31)23(32)7-15/h5-13,24-25,36H,14H2,1-4H3,(H2,37,38,39,41). The Morgan fingerprint density at radius 3 is 2.16 bits per heavy atom. The number of ether oxygens (including phenoxy) is 2. The molecule has 232 valence electrons. The SMILES string of the molecule is CNC(CC(N/C(=N\C(=O)c1ccc(F)c(F)c1)Nc1cc(F)cc(Cl)c1)N(C)c1cc(OC)cc(OC)c1)C(F)(F)F. The smallest absolute Gasteiger partial charge is 0.403 e. The van der Waals surface area contributed by atoms with Gasteiger partial charge in [-0.25, -0.2) is 13.2 Å². The number of carbonyl (C=O) groups is 1.